The topological polar surface area (TPSA) is 0 Å². The van der Waals surface area contributed by atoms with Crippen molar-refractivity contribution < 1.29 is 18.5 Å². The molecule has 0 saturated heterocycles. The van der Waals surface area contributed by atoms with Crippen molar-refractivity contribution in [1.29, 1.82) is 0 Å². The molecule has 0 aromatic heterocycles. The van der Waals surface area contributed by atoms with Crippen LogP contribution in [-0.2, 0) is 25.0 Å². The van der Waals surface area contributed by atoms with Gasteiger partial charge in [0.15, 0.2) is 0 Å². The molecule has 0 saturated carbocycles. The van der Waals surface area contributed by atoms with E-state index < -0.39 is 0 Å². The minimum atomic E-state index is -0.145. The van der Waals surface area contributed by atoms with Crippen LogP contribution in [0.15, 0.2) is 29.8 Å². The summed E-state index contributed by atoms with van der Waals surface area (Å²) in [7, 11) is 0. The molecule has 13 heavy (non-hydrogen) atoms. The van der Waals surface area contributed by atoms with E-state index in [2.05, 4.69) is 61.7 Å². The fraction of sp³-hybridized carbons (Fsp3) is 0.200. The molecular formula is C10H10Br2Zr. The third kappa shape index (κ3) is 3.81. The first-order valence-electron chi connectivity index (χ1n) is 3.99. The Kier molecular flexibility index (Phi) is 5.77. The van der Waals surface area contributed by atoms with E-state index in [1.807, 2.05) is 0 Å². The Morgan fingerprint density at radius 3 is 2.46 bits per heavy atom. The van der Waals surface area contributed by atoms with Crippen LogP contribution in [0.25, 0.3) is 6.08 Å². The maximum absolute atomic E-state index is 3.23. The number of hydrogen-bond acceptors (Lipinski definition) is 0. The molecule has 0 fully saturated rings. The van der Waals surface area contributed by atoms with Gasteiger partial charge in [0.2, 0.25) is 0 Å². The molecule has 68 valence electrons. The predicted molar refractivity (Wildman–Crippen MR) is 61.7 cm³/mol. The van der Waals surface area contributed by atoms with E-state index in [1.54, 1.807) is 0 Å². The summed E-state index contributed by atoms with van der Waals surface area (Å²) in [6.45, 7) is 2.18. The summed E-state index contributed by atoms with van der Waals surface area (Å²) in [5.74, 6) is 0. The SMILES string of the molecule is CC1=Cc2ccccc2C1.[Br][Zr][Br]. The molecule has 0 heterocycles. The first-order chi connectivity index (χ1) is 6.27. The van der Waals surface area contributed by atoms with Gasteiger partial charge < -0.3 is 0 Å². The van der Waals surface area contributed by atoms with Gasteiger partial charge in [0.05, 0.1) is 0 Å². The van der Waals surface area contributed by atoms with E-state index in [0.29, 0.717) is 0 Å². The molecule has 0 aliphatic heterocycles. The first kappa shape index (κ1) is 11.9. The monoisotopic (exact) mass is 378 g/mol. The van der Waals surface area contributed by atoms with Gasteiger partial charge in [-0.15, -0.1) is 0 Å². The van der Waals surface area contributed by atoms with Gasteiger partial charge in [0.1, 0.15) is 0 Å². The fourth-order valence-electron chi connectivity index (χ4n) is 1.45. The summed E-state index contributed by atoms with van der Waals surface area (Å²) in [6.07, 6.45) is 3.41. The van der Waals surface area contributed by atoms with Crippen LogP contribution in [0.3, 0.4) is 0 Å². The van der Waals surface area contributed by atoms with Crippen LogP contribution in [-0.4, -0.2) is 0 Å². The van der Waals surface area contributed by atoms with Crippen molar-refractivity contribution in [3.8, 4) is 0 Å². The second-order valence-corrected chi connectivity index (χ2v) is 14.3. The maximum atomic E-state index is 3.23. The van der Waals surface area contributed by atoms with Gasteiger partial charge >= 0.3 is 43.0 Å². The standard InChI is InChI=1S/C10H10.2BrH.Zr/c1-8-6-9-4-2-3-5-10(9)7-8;;;/h2-6H,7H2,1H3;2*1H;/q;;;+2/p-2. The molecule has 1 aromatic rings. The summed E-state index contributed by atoms with van der Waals surface area (Å²) in [5, 5.41) is 0. The summed E-state index contributed by atoms with van der Waals surface area (Å²) in [6, 6.07) is 8.56. The molecule has 0 atom stereocenters. The van der Waals surface area contributed by atoms with Crippen molar-refractivity contribution >= 4 is 30.5 Å². The molecular weight excluding hydrogens is 371 g/mol. The van der Waals surface area contributed by atoms with Crippen LogP contribution in [0.2, 0.25) is 0 Å². The quantitative estimate of drug-likeness (QED) is 0.628. The molecule has 1 aliphatic carbocycles. The molecule has 0 spiro atoms. The number of fused-ring (bicyclic) bond motifs is 1. The van der Waals surface area contributed by atoms with Crippen molar-refractivity contribution in [2.45, 2.75) is 13.3 Å². The molecule has 0 nitrogen and oxygen atoms in total. The van der Waals surface area contributed by atoms with Gasteiger partial charge in [-0.2, -0.15) is 0 Å². The number of benzene rings is 1. The van der Waals surface area contributed by atoms with E-state index in [0.717, 1.165) is 6.42 Å². The number of hydrogen-bond donors (Lipinski definition) is 0. The fourth-order valence-corrected chi connectivity index (χ4v) is 1.45. The van der Waals surface area contributed by atoms with E-state index >= 15 is 0 Å². The van der Waals surface area contributed by atoms with Crippen molar-refractivity contribution in [3.05, 3.63) is 41.0 Å². The van der Waals surface area contributed by atoms with E-state index in [9.17, 15) is 0 Å². The molecule has 0 unspecified atom stereocenters. The Hall–Kier alpha value is 0.803. The number of halogens is 2. The first-order valence-corrected chi connectivity index (χ1v) is 15.2. The summed E-state index contributed by atoms with van der Waals surface area (Å²) >= 11 is 6.32. The Labute approximate surface area is 102 Å². The average molecular weight is 381 g/mol. The number of allylic oxidation sites excluding steroid dienone is 1. The van der Waals surface area contributed by atoms with Crippen LogP contribution in [0.4, 0.5) is 0 Å². The van der Waals surface area contributed by atoms with Crippen molar-refractivity contribution in [1.82, 2.24) is 0 Å². The molecule has 1 aromatic carbocycles. The zero-order valence-corrected chi connectivity index (χ0v) is 13.0. The van der Waals surface area contributed by atoms with Gasteiger partial charge in [-0.3, -0.25) is 0 Å². The van der Waals surface area contributed by atoms with Gasteiger partial charge in [-0.1, -0.05) is 35.9 Å². The Bertz CT molecular complexity index is 308. The molecule has 2 rings (SSSR count). The van der Waals surface area contributed by atoms with Gasteiger partial charge in [0.25, 0.3) is 0 Å². The normalized spacial score (nSPS) is 12.4. The van der Waals surface area contributed by atoms with E-state index in [4.69, 9.17) is 0 Å². The van der Waals surface area contributed by atoms with Crippen molar-refractivity contribution in [2.75, 3.05) is 0 Å². The summed E-state index contributed by atoms with van der Waals surface area (Å²) < 4.78 is 0. The molecule has 1 aliphatic rings. The predicted octanol–water partition coefficient (Wildman–Crippen LogP) is 4.33. The van der Waals surface area contributed by atoms with Crippen LogP contribution in [0, 0.1) is 0 Å². The zero-order valence-electron chi connectivity index (χ0n) is 7.35. The van der Waals surface area contributed by atoms with Crippen LogP contribution >= 0.6 is 24.4 Å². The molecule has 0 radical (unpaired) electrons. The summed E-state index contributed by atoms with van der Waals surface area (Å²) in [4.78, 5) is 0. The molecule has 0 N–H and O–H groups in total. The van der Waals surface area contributed by atoms with Crippen LogP contribution in [0.1, 0.15) is 18.1 Å². The van der Waals surface area contributed by atoms with Crippen molar-refractivity contribution in [2.24, 2.45) is 0 Å². The van der Waals surface area contributed by atoms with Gasteiger partial charge in [0, 0.05) is 0 Å². The van der Waals surface area contributed by atoms with Gasteiger partial charge in [-0.25, -0.2) is 0 Å². The molecule has 0 bridgehead atoms. The van der Waals surface area contributed by atoms with Gasteiger partial charge in [-0.05, 0) is 24.5 Å². The Morgan fingerprint density at radius 1 is 1.23 bits per heavy atom. The Morgan fingerprint density at radius 2 is 1.85 bits per heavy atom. The number of rotatable bonds is 0. The zero-order chi connectivity index (χ0) is 9.68. The third-order valence-corrected chi connectivity index (χ3v) is 1.93. The average Bonchev–Trinajstić information content (AvgIpc) is 2.45. The van der Waals surface area contributed by atoms with E-state index in [1.165, 1.54) is 16.7 Å². The van der Waals surface area contributed by atoms with Crippen LogP contribution < -0.4 is 0 Å². The molecule has 3 heteroatoms. The third-order valence-electron chi connectivity index (χ3n) is 1.93. The molecule has 0 amide bonds. The van der Waals surface area contributed by atoms with Crippen molar-refractivity contribution in [3.63, 3.8) is 0 Å². The minimum absolute atomic E-state index is 0.145. The van der Waals surface area contributed by atoms with E-state index in [-0.39, 0.29) is 18.5 Å². The second kappa shape index (κ2) is 6.32. The second-order valence-electron chi connectivity index (χ2n) is 2.94. The summed E-state index contributed by atoms with van der Waals surface area (Å²) in [5.41, 5.74) is 4.35. The Balaban J connectivity index is 0.000000251. The van der Waals surface area contributed by atoms with Crippen LogP contribution in [0.5, 0.6) is 0 Å².